The summed E-state index contributed by atoms with van der Waals surface area (Å²) in [7, 11) is 0. The average Bonchev–Trinajstić information content (AvgIpc) is 2.99. The van der Waals surface area contributed by atoms with Gasteiger partial charge in [-0.25, -0.2) is 0 Å². The lowest BCUT2D eigenvalue weighted by Gasteiger charge is -2.20. The molecule has 0 aromatic rings. The van der Waals surface area contributed by atoms with Gasteiger partial charge in [0.05, 0.1) is 13.2 Å². The van der Waals surface area contributed by atoms with E-state index in [0.29, 0.717) is 6.61 Å². The minimum atomic E-state index is -1.06. The summed E-state index contributed by atoms with van der Waals surface area (Å²) in [6, 6.07) is 0. The fourth-order valence-electron chi connectivity index (χ4n) is 3.09. The average molecular weight is 359 g/mol. The predicted octanol–water partition coefficient (Wildman–Crippen LogP) is 2.96. The summed E-state index contributed by atoms with van der Waals surface area (Å²) in [5, 5.41) is 28.4. The van der Waals surface area contributed by atoms with E-state index in [1.165, 1.54) is 44.9 Å². The maximum absolute atomic E-state index is 10.0. The van der Waals surface area contributed by atoms with Gasteiger partial charge in [-0.1, -0.05) is 57.6 Å². The molecule has 0 spiro atoms. The largest absolute Gasteiger partial charge is 0.394 e. The van der Waals surface area contributed by atoms with E-state index in [1.54, 1.807) is 0 Å². The van der Waals surface area contributed by atoms with E-state index in [0.717, 1.165) is 19.3 Å². The van der Waals surface area contributed by atoms with Gasteiger partial charge >= 0.3 is 0 Å². The van der Waals surface area contributed by atoms with Gasteiger partial charge in [-0.2, -0.15) is 0 Å². The third-order valence-corrected chi connectivity index (χ3v) is 4.72. The highest BCUT2D eigenvalue weighted by molar-refractivity contribution is 4.89. The molecule has 0 aromatic heterocycles. The van der Waals surface area contributed by atoms with Crippen molar-refractivity contribution in [2.24, 2.45) is 0 Å². The molecule has 1 saturated heterocycles. The molecule has 5 nitrogen and oxygen atoms in total. The summed E-state index contributed by atoms with van der Waals surface area (Å²) in [5.41, 5.74) is 0. The number of rotatable bonds is 15. The van der Waals surface area contributed by atoms with Gasteiger partial charge in [0.1, 0.15) is 24.4 Å². The normalized spacial score (nSPS) is 25.0. The number of unbranched alkanes of at least 4 members (excludes halogenated alkanes) is 8. The van der Waals surface area contributed by atoms with E-state index < -0.39 is 31.0 Å². The molecule has 3 N–H and O–H groups in total. The molecule has 4 atom stereocenters. The van der Waals surface area contributed by atoms with E-state index in [-0.39, 0.29) is 6.61 Å². The molecular formula is C20H38O5. The Morgan fingerprint density at radius 2 is 1.68 bits per heavy atom. The van der Waals surface area contributed by atoms with Crippen molar-refractivity contribution in [1.29, 1.82) is 0 Å². The van der Waals surface area contributed by atoms with Crippen molar-refractivity contribution >= 4 is 0 Å². The van der Waals surface area contributed by atoms with Gasteiger partial charge in [0, 0.05) is 6.61 Å². The van der Waals surface area contributed by atoms with Gasteiger partial charge in [0.15, 0.2) is 0 Å². The second-order valence-electron chi connectivity index (χ2n) is 6.97. The molecule has 1 aliphatic rings. The maximum atomic E-state index is 10.0. The predicted molar refractivity (Wildman–Crippen MR) is 99.6 cm³/mol. The molecule has 1 fully saturated rings. The number of allylic oxidation sites excluding steroid dienone is 2. The molecule has 0 aliphatic carbocycles. The second-order valence-corrected chi connectivity index (χ2v) is 6.97. The Kier molecular flexibility index (Phi) is 13.3. The Morgan fingerprint density at radius 1 is 1.04 bits per heavy atom. The van der Waals surface area contributed by atoms with Crippen LogP contribution < -0.4 is 0 Å². The lowest BCUT2D eigenvalue weighted by atomic mass is 10.1. The Hall–Kier alpha value is -0.460. The summed E-state index contributed by atoms with van der Waals surface area (Å²) in [6.07, 6.45) is 13.8. The van der Waals surface area contributed by atoms with Crippen LogP contribution in [-0.2, 0) is 9.47 Å². The summed E-state index contributed by atoms with van der Waals surface area (Å²) < 4.78 is 10.9. The highest BCUT2D eigenvalue weighted by Crippen LogP contribution is 2.20. The van der Waals surface area contributed by atoms with Crippen molar-refractivity contribution in [3.63, 3.8) is 0 Å². The molecule has 0 bridgehead atoms. The van der Waals surface area contributed by atoms with Gasteiger partial charge in [-0.15, -0.1) is 0 Å². The minimum Gasteiger partial charge on any atom is -0.394 e. The quantitative estimate of drug-likeness (QED) is 0.310. The SMILES string of the molecule is CCCCCCCCC/C=C/CCCO[C@H]1CO[C@@H]([C@H](O)CO)[C@H]1O. The highest BCUT2D eigenvalue weighted by Gasteiger charge is 2.40. The lowest BCUT2D eigenvalue weighted by Crippen LogP contribution is -2.41. The fourth-order valence-corrected chi connectivity index (χ4v) is 3.09. The number of aliphatic hydroxyl groups excluding tert-OH is 3. The van der Waals surface area contributed by atoms with Gasteiger partial charge in [-0.05, 0) is 25.7 Å². The zero-order valence-corrected chi connectivity index (χ0v) is 15.8. The van der Waals surface area contributed by atoms with Crippen LogP contribution in [0, 0.1) is 0 Å². The van der Waals surface area contributed by atoms with Gasteiger partial charge in [0.25, 0.3) is 0 Å². The van der Waals surface area contributed by atoms with Crippen LogP contribution in [0.3, 0.4) is 0 Å². The van der Waals surface area contributed by atoms with E-state index in [9.17, 15) is 10.2 Å². The molecule has 0 amide bonds. The van der Waals surface area contributed by atoms with Crippen molar-refractivity contribution in [1.82, 2.24) is 0 Å². The van der Waals surface area contributed by atoms with Crippen LogP contribution in [0.5, 0.6) is 0 Å². The van der Waals surface area contributed by atoms with E-state index in [1.807, 2.05) is 0 Å². The van der Waals surface area contributed by atoms with Crippen molar-refractivity contribution in [3.8, 4) is 0 Å². The van der Waals surface area contributed by atoms with Crippen molar-refractivity contribution in [2.45, 2.75) is 95.5 Å². The molecule has 5 heteroatoms. The standard InChI is InChI=1S/C20H38O5/c1-2-3-4-5-6-7-8-9-10-11-12-13-14-24-18-16-25-20(19(18)23)17(22)15-21/h10-11,17-23H,2-9,12-16H2,1H3/b11-10+/t17-,18+,19+,20+/m1/s1. The lowest BCUT2D eigenvalue weighted by molar-refractivity contribution is -0.0729. The number of ether oxygens (including phenoxy) is 2. The van der Waals surface area contributed by atoms with E-state index >= 15 is 0 Å². The topological polar surface area (TPSA) is 79.2 Å². The summed E-state index contributed by atoms with van der Waals surface area (Å²) in [6.45, 7) is 2.65. The Balaban J connectivity index is 1.93. The number of aliphatic hydroxyl groups is 3. The van der Waals surface area contributed by atoms with Crippen LogP contribution in [0.1, 0.15) is 71.1 Å². The van der Waals surface area contributed by atoms with Crippen molar-refractivity contribution in [3.05, 3.63) is 12.2 Å². The first-order valence-electron chi connectivity index (χ1n) is 10.1. The van der Waals surface area contributed by atoms with Gasteiger partial charge in [-0.3, -0.25) is 0 Å². The van der Waals surface area contributed by atoms with Crippen LogP contribution in [-0.4, -0.2) is 59.6 Å². The van der Waals surface area contributed by atoms with Crippen LogP contribution in [0.15, 0.2) is 12.2 Å². The fraction of sp³-hybridized carbons (Fsp3) is 0.900. The Morgan fingerprint density at radius 3 is 2.36 bits per heavy atom. The smallest absolute Gasteiger partial charge is 0.114 e. The minimum absolute atomic E-state index is 0.261. The molecule has 148 valence electrons. The van der Waals surface area contributed by atoms with Crippen LogP contribution >= 0.6 is 0 Å². The third-order valence-electron chi connectivity index (χ3n) is 4.72. The number of hydrogen-bond donors (Lipinski definition) is 3. The first-order chi connectivity index (χ1) is 12.2. The van der Waals surface area contributed by atoms with Crippen molar-refractivity contribution in [2.75, 3.05) is 19.8 Å². The Labute approximate surface area is 153 Å². The summed E-state index contributed by atoms with van der Waals surface area (Å²) in [5.74, 6) is 0. The second kappa shape index (κ2) is 14.7. The Bertz CT molecular complexity index is 334. The molecule has 1 aliphatic heterocycles. The molecule has 1 heterocycles. The van der Waals surface area contributed by atoms with Gasteiger partial charge < -0.3 is 24.8 Å². The zero-order chi connectivity index (χ0) is 18.3. The maximum Gasteiger partial charge on any atom is 0.114 e. The molecule has 25 heavy (non-hydrogen) atoms. The third kappa shape index (κ3) is 9.71. The van der Waals surface area contributed by atoms with E-state index in [4.69, 9.17) is 14.6 Å². The molecular weight excluding hydrogens is 320 g/mol. The summed E-state index contributed by atoms with van der Waals surface area (Å²) >= 11 is 0. The van der Waals surface area contributed by atoms with Crippen LogP contribution in [0.2, 0.25) is 0 Å². The zero-order valence-electron chi connectivity index (χ0n) is 15.8. The molecule has 0 unspecified atom stereocenters. The van der Waals surface area contributed by atoms with Crippen LogP contribution in [0.4, 0.5) is 0 Å². The highest BCUT2D eigenvalue weighted by atomic mass is 16.6. The van der Waals surface area contributed by atoms with Crippen LogP contribution in [0.25, 0.3) is 0 Å². The van der Waals surface area contributed by atoms with Gasteiger partial charge in [0.2, 0.25) is 0 Å². The molecule has 0 radical (unpaired) electrons. The first kappa shape index (κ1) is 22.6. The molecule has 0 saturated carbocycles. The monoisotopic (exact) mass is 358 g/mol. The first-order valence-corrected chi connectivity index (χ1v) is 10.1. The molecule has 1 rings (SSSR count). The van der Waals surface area contributed by atoms with Crippen molar-refractivity contribution < 1.29 is 24.8 Å². The number of hydrogen-bond acceptors (Lipinski definition) is 5. The molecule has 0 aromatic carbocycles. The van der Waals surface area contributed by atoms with E-state index in [2.05, 4.69) is 19.1 Å². The summed E-state index contributed by atoms with van der Waals surface area (Å²) in [4.78, 5) is 0.